The van der Waals surface area contributed by atoms with Crippen LogP contribution in [0, 0.1) is 0 Å². The lowest BCUT2D eigenvalue weighted by atomic mass is 10.1. The Morgan fingerprint density at radius 2 is 2.27 bits per heavy atom. The highest BCUT2D eigenvalue weighted by atomic mass is 16.5. The van der Waals surface area contributed by atoms with Gasteiger partial charge in [0.15, 0.2) is 0 Å². The first kappa shape index (κ1) is 15.1. The van der Waals surface area contributed by atoms with E-state index in [2.05, 4.69) is 22.4 Å². The third kappa shape index (κ3) is 3.31. The summed E-state index contributed by atoms with van der Waals surface area (Å²) in [5, 5.41) is 4.24. The first-order valence-electron chi connectivity index (χ1n) is 7.73. The van der Waals surface area contributed by atoms with E-state index in [0.717, 1.165) is 18.4 Å². The standard InChI is InChI=1S/C17H22N2O3/c1-21-16-11-22-10-15(16)19-17(20)8-4-5-12-9-18-14-7-3-2-6-13(12)14/h2-3,6-7,9,15-16,18H,4-5,8,10-11H2,1H3,(H,19,20)/t15-,16-/m0/s1. The fourth-order valence-electron chi connectivity index (χ4n) is 2.96. The van der Waals surface area contributed by atoms with Gasteiger partial charge in [-0.2, -0.15) is 0 Å². The molecule has 3 rings (SSSR count). The lowest BCUT2D eigenvalue weighted by molar-refractivity contribution is -0.122. The Balaban J connectivity index is 1.47. The fraction of sp³-hybridized carbons (Fsp3) is 0.471. The third-order valence-electron chi connectivity index (χ3n) is 4.20. The molecule has 1 aromatic carbocycles. The van der Waals surface area contributed by atoms with E-state index in [4.69, 9.17) is 9.47 Å². The second-order valence-corrected chi connectivity index (χ2v) is 5.70. The number of benzene rings is 1. The maximum absolute atomic E-state index is 12.0. The summed E-state index contributed by atoms with van der Waals surface area (Å²) in [5.74, 6) is 0.0670. The van der Waals surface area contributed by atoms with Crippen LogP contribution in [0.2, 0.25) is 0 Å². The topological polar surface area (TPSA) is 63.4 Å². The summed E-state index contributed by atoms with van der Waals surface area (Å²) in [6.45, 7) is 1.09. The number of fused-ring (bicyclic) bond motifs is 1. The molecule has 0 aliphatic carbocycles. The monoisotopic (exact) mass is 302 g/mol. The minimum atomic E-state index is -0.0300. The molecular formula is C17H22N2O3. The van der Waals surface area contributed by atoms with Crippen molar-refractivity contribution in [3.63, 3.8) is 0 Å². The molecule has 2 heterocycles. The fourth-order valence-corrected chi connectivity index (χ4v) is 2.96. The van der Waals surface area contributed by atoms with Crippen molar-refractivity contribution in [3.8, 4) is 0 Å². The number of hydrogen-bond donors (Lipinski definition) is 2. The number of H-pyrrole nitrogens is 1. The van der Waals surface area contributed by atoms with Gasteiger partial charge in [-0.1, -0.05) is 18.2 Å². The zero-order chi connectivity index (χ0) is 15.4. The normalized spacial score (nSPS) is 21.3. The number of methoxy groups -OCH3 is 1. The second-order valence-electron chi connectivity index (χ2n) is 5.70. The Kier molecular flexibility index (Phi) is 4.75. The molecule has 1 amide bonds. The van der Waals surface area contributed by atoms with Crippen LogP contribution in [0.15, 0.2) is 30.5 Å². The molecule has 1 aliphatic rings. The number of aryl methyl sites for hydroxylation is 1. The van der Waals surface area contributed by atoms with Gasteiger partial charge in [-0.3, -0.25) is 4.79 Å². The van der Waals surface area contributed by atoms with Gasteiger partial charge in [-0.15, -0.1) is 0 Å². The van der Waals surface area contributed by atoms with Crippen molar-refractivity contribution in [1.82, 2.24) is 10.3 Å². The third-order valence-corrected chi connectivity index (χ3v) is 4.20. The second kappa shape index (κ2) is 6.94. The molecule has 0 spiro atoms. The van der Waals surface area contributed by atoms with Crippen LogP contribution in [0.5, 0.6) is 0 Å². The average Bonchev–Trinajstić information content (AvgIpc) is 3.14. The Morgan fingerprint density at radius 1 is 1.41 bits per heavy atom. The van der Waals surface area contributed by atoms with E-state index in [0.29, 0.717) is 19.6 Å². The molecule has 5 heteroatoms. The van der Waals surface area contributed by atoms with Crippen LogP contribution in [0.3, 0.4) is 0 Å². The number of aromatic nitrogens is 1. The molecule has 1 fully saturated rings. The number of carbonyl (C=O) groups is 1. The van der Waals surface area contributed by atoms with E-state index in [1.165, 1.54) is 10.9 Å². The van der Waals surface area contributed by atoms with Crippen LogP contribution >= 0.6 is 0 Å². The highest BCUT2D eigenvalue weighted by Gasteiger charge is 2.29. The summed E-state index contributed by atoms with van der Waals surface area (Å²) in [6, 6.07) is 8.21. The van der Waals surface area contributed by atoms with E-state index in [9.17, 15) is 4.79 Å². The summed E-state index contributed by atoms with van der Waals surface area (Å²) in [6.07, 6.45) is 4.25. The van der Waals surface area contributed by atoms with Crippen LogP contribution < -0.4 is 5.32 Å². The number of aromatic amines is 1. The van der Waals surface area contributed by atoms with E-state index < -0.39 is 0 Å². The number of ether oxygens (including phenoxy) is 2. The molecule has 0 bridgehead atoms. The first-order chi connectivity index (χ1) is 10.8. The maximum atomic E-state index is 12.0. The van der Waals surface area contributed by atoms with E-state index in [-0.39, 0.29) is 18.1 Å². The number of carbonyl (C=O) groups excluding carboxylic acids is 1. The number of amides is 1. The number of rotatable bonds is 6. The van der Waals surface area contributed by atoms with E-state index in [1.807, 2.05) is 18.3 Å². The van der Waals surface area contributed by atoms with Crippen LogP contribution in [-0.4, -0.2) is 43.4 Å². The van der Waals surface area contributed by atoms with Crippen LogP contribution in [-0.2, 0) is 20.7 Å². The van der Waals surface area contributed by atoms with Gasteiger partial charge < -0.3 is 19.8 Å². The minimum Gasteiger partial charge on any atom is -0.377 e. The smallest absolute Gasteiger partial charge is 0.220 e. The average molecular weight is 302 g/mol. The molecule has 2 aromatic rings. The molecule has 22 heavy (non-hydrogen) atoms. The number of para-hydroxylation sites is 1. The van der Waals surface area contributed by atoms with Gasteiger partial charge in [0, 0.05) is 30.6 Å². The molecule has 2 atom stereocenters. The molecule has 5 nitrogen and oxygen atoms in total. The highest BCUT2D eigenvalue weighted by molar-refractivity contribution is 5.83. The number of hydrogen-bond acceptors (Lipinski definition) is 3. The Bertz CT molecular complexity index is 638. The van der Waals surface area contributed by atoms with Crippen LogP contribution in [0.1, 0.15) is 18.4 Å². The van der Waals surface area contributed by atoms with Crippen molar-refractivity contribution in [2.24, 2.45) is 0 Å². The van der Waals surface area contributed by atoms with Crippen molar-refractivity contribution in [1.29, 1.82) is 0 Å². The summed E-state index contributed by atoms with van der Waals surface area (Å²) < 4.78 is 10.6. The van der Waals surface area contributed by atoms with Gasteiger partial charge in [-0.25, -0.2) is 0 Å². The van der Waals surface area contributed by atoms with E-state index in [1.54, 1.807) is 7.11 Å². The molecule has 0 unspecified atom stereocenters. The predicted octanol–water partition coefficient (Wildman–Crippen LogP) is 2.02. The molecule has 0 saturated carbocycles. The Labute approximate surface area is 130 Å². The van der Waals surface area contributed by atoms with Crippen molar-refractivity contribution in [2.75, 3.05) is 20.3 Å². The summed E-state index contributed by atoms with van der Waals surface area (Å²) >= 11 is 0. The predicted molar refractivity (Wildman–Crippen MR) is 84.8 cm³/mol. The van der Waals surface area contributed by atoms with Gasteiger partial charge in [0.25, 0.3) is 0 Å². The SMILES string of the molecule is CO[C@H]1COC[C@@H]1NC(=O)CCCc1c[nH]c2ccccc12. The largest absolute Gasteiger partial charge is 0.377 e. The summed E-state index contributed by atoms with van der Waals surface area (Å²) in [5.41, 5.74) is 2.41. The molecule has 2 N–H and O–H groups in total. The first-order valence-corrected chi connectivity index (χ1v) is 7.73. The maximum Gasteiger partial charge on any atom is 0.220 e. The number of nitrogens with one attached hydrogen (secondary N) is 2. The van der Waals surface area contributed by atoms with Gasteiger partial charge in [0.2, 0.25) is 5.91 Å². The van der Waals surface area contributed by atoms with Crippen molar-refractivity contribution < 1.29 is 14.3 Å². The lowest BCUT2D eigenvalue weighted by Gasteiger charge is -2.17. The quantitative estimate of drug-likeness (QED) is 0.858. The van der Waals surface area contributed by atoms with Crippen molar-refractivity contribution in [3.05, 3.63) is 36.0 Å². The molecule has 118 valence electrons. The van der Waals surface area contributed by atoms with Crippen LogP contribution in [0.25, 0.3) is 10.9 Å². The van der Waals surface area contributed by atoms with Crippen molar-refractivity contribution >= 4 is 16.8 Å². The molecule has 0 radical (unpaired) electrons. The Morgan fingerprint density at radius 3 is 3.14 bits per heavy atom. The zero-order valence-corrected chi connectivity index (χ0v) is 12.8. The zero-order valence-electron chi connectivity index (χ0n) is 12.8. The summed E-state index contributed by atoms with van der Waals surface area (Å²) in [4.78, 5) is 15.3. The molecule has 1 aliphatic heterocycles. The highest BCUT2D eigenvalue weighted by Crippen LogP contribution is 2.19. The Hall–Kier alpha value is -1.85. The minimum absolute atomic E-state index is 0.0226. The van der Waals surface area contributed by atoms with Crippen molar-refractivity contribution in [2.45, 2.75) is 31.4 Å². The van der Waals surface area contributed by atoms with Crippen LogP contribution in [0.4, 0.5) is 0 Å². The molecule has 1 aromatic heterocycles. The van der Waals surface area contributed by atoms with Gasteiger partial charge in [0.05, 0.1) is 19.3 Å². The van der Waals surface area contributed by atoms with Gasteiger partial charge in [0.1, 0.15) is 6.10 Å². The molecule has 1 saturated heterocycles. The van der Waals surface area contributed by atoms with Gasteiger partial charge >= 0.3 is 0 Å². The van der Waals surface area contributed by atoms with Gasteiger partial charge in [-0.05, 0) is 24.5 Å². The summed E-state index contributed by atoms with van der Waals surface area (Å²) in [7, 11) is 1.65. The molecular weight excluding hydrogens is 280 g/mol. The lowest BCUT2D eigenvalue weighted by Crippen LogP contribution is -2.43. The van der Waals surface area contributed by atoms with E-state index >= 15 is 0 Å².